The largest absolute Gasteiger partial charge is 0.399 e. The first-order chi connectivity index (χ1) is 9.19. The van der Waals surface area contributed by atoms with E-state index in [1.165, 1.54) is 0 Å². The highest BCUT2D eigenvalue weighted by Crippen LogP contribution is 2.47. The summed E-state index contributed by atoms with van der Waals surface area (Å²) in [6.45, 7) is 4.05. The molecule has 5 nitrogen and oxygen atoms in total. The number of benzene rings is 1. The van der Waals surface area contributed by atoms with Gasteiger partial charge in [0.2, 0.25) is 5.50 Å². The van der Waals surface area contributed by atoms with Crippen LogP contribution in [-0.4, -0.2) is 18.4 Å². The summed E-state index contributed by atoms with van der Waals surface area (Å²) in [4.78, 5) is 0. The smallest absolute Gasteiger partial charge is 0.348 e. The molecule has 0 radical (unpaired) electrons. The first-order valence-corrected chi connectivity index (χ1v) is 7.65. The Morgan fingerprint density at radius 3 is 2.37 bits per heavy atom. The minimum absolute atomic E-state index is 0.134. The quantitative estimate of drug-likeness (QED) is 0.761. The Kier molecular flexibility index (Phi) is 4.53. The lowest BCUT2D eigenvalue weighted by atomic mass is 10.2. The molecule has 2 aromatic rings. The molecule has 6 heteroatoms. The average Bonchev–Trinajstić information content (AvgIpc) is 2.90. The molecule has 0 aliphatic carbocycles. The first kappa shape index (κ1) is 14.0. The maximum atomic E-state index is 12.5. The van der Waals surface area contributed by atoms with E-state index in [4.69, 9.17) is 13.6 Å². The summed E-state index contributed by atoms with van der Waals surface area (Å²) in [6.07, 6.45) is 0. The van der Waals surface area contributed by atoms with Gasteiger partial charge < -0.3 is 13.6 Å². The van der Waals surface area contributed by atoms with Gasteiger partial charge in [-0.15, -0.1) is 0 Å². The van der Waals surface area contributed by atoms with Crippen molar-refractivity contribution in [2.75, 3.05) is 13.2 Å². The molecule has 2 rings (SSSR count). The lowest BCUT2D eigenvalue weighted by Gasteiger charge is -2.12. The van der Waals surface area contributed by atoms with E-state index in [9.17, 15) is 4.57 Å². The maximum Gasteiger partial charge on any atom is 0.399 e. The van der Waals surface area contributed by atoms with E-state index in [0.717, 1.165) is 5.56 Å². The number of aromatic nitrogens is 1. The van der Waals surface area contributed by atoms with Gasteiger partial charge in [-0.2, -0.15) is 0 Å². The Labute approximate surface area is 112 Å². The van der Waals surface area contributed by atoms with Crippen LogP contribution >= 0.6 is 7.60 Å². The molecule has 1 aromatic heterocycles. The highest BCUT2D eigenvalue weighted by Gasteiger charge is 2.32. The van der Waals surface area contributed by atoms with Gasteiger partial charge in [-0.1, -0.05) is 35.5 Å². The summed E-state index contributed by atoms with van der Waals surface area (Å²) in [5.74, 6) is 0. The Morgan fingerprint density at radius 2 is 1.79 bits per heavy atom. The second-order valence-electron chi connectivity index (χ2n) is 3.75. The molecule has 0 unspecified atom stereocenters. The van der Waals surface area contributed by atoms with E-state index in [1.807, 2.05) is 30.3 Å². The molecule has 0 bridgehead atoms. The SMILES string of the molecule is CCOP(=O)(OCC)c1cc(-c2ccccc2)no1. The van der Waals surface area contributed by atoms with Gasteiger partial charge in [0.1, 0.15) is 5.69 Å². The van der Waals surface area contributed by atoms with E-state index in [-0.39, 0.29) is 18.7 Å². The molecule has 0 N–H and O–H groups in total. The number of hydrogen-bond donors (Lipinski definition) is 0. The zero-order chi connectivity index (χ0) is 13.7. The van der Waals surface area contributed by atoms with Gasteiger partial charge in [0.15, 0.2) is 0 Å². The van der Waals surface area contributed by atoms with Crippen molar-refractivity contribution in [1.82, 2.24) is 5.16 Å². The van der Waals surface area contributed by atoms with E-state index < -0.39 is 7.60 Å². The lowest BCUT2D eigenvalue weighted by Crippen LogP contribution is -2.08. The molecule has 1 heterocycles. The van der Waals surface area contributed by atoms with Crippen LogP contribution in [0.3, 0.4) is 0 Å². The third kappa shape index (κ3) is 3.13. The third-order valence-electron chi connectivity index (χ3n) is 2.44. The summed E-state index contributed by atoms with van der Waals surface area (Å²) in [6, 6.07) is 11.1. The minimum atomic E-state index is -3.40. The van der Waals surface area contributed by atoms with Crippen molar-refractivity contribution < 1.29 is 18.1 Å². The monoisotopic (exact) mass is 281 g/mol. The van der Waals surface area contributed by atoms with Gasteiger partial charge in [0, 0.05) is 11.6 Å². The molecule has 102 valence electrons. The molecule has 0 aliphatic heterocycles. The van der Waals surface area contributed by atoms with Crippen LogP contribution in [0.1, 0.15) is 13.8 Å². The van der Waals surface area contributed by atoms with Crippen LogP contribution in [0, 0.1) is 0 Å². The highest BCUT2D eigenvalue weighted by molar-refractivity contribution is 7.61. The first-order valence-electron chi connectivity index (χ1n) is 6.11. The van der Waals surface area contributed by atoms with Gasteiger partial charge in [-0.25, -0.2) is 0 Å². The van der Waals surface area contributed by atoms with E-state index in [0.29, 0.717) is 5.69 Å². The van der Waals surface area contributed by atoms with Crippen molar-refractivity contribution in [3.63, 3.8) is 0 Å². The normalized spacial score (nSPS) is 11.7. The fourth-order valence-electron chi connectivity index (χ4n) is 1.64. The van der Waals surface area contributed by atoms with Crippen molar-refractivity contribution in [2.24, 2.45) is 0 Å². The van der Waals surface area contributed by atoms with Crippen molar-refractivity contribution in [1.29, 1.82) is 0 Å². The van der Waals surface area contributed by atoms with Crippen molar-refractivity contribution in [2.45, 2.75) is 13.8 Å². The molecular weight excluding hydrogens is 265 g/mol. The molecule has 0 saturated carbocycles. The fraction of sp³-hybridized carbons (Fsp3) is 0.308. The van der Waals surface area contributed by atoms with Crippen LogP contribution in [0.4, 0.5) is 0 Å². The van der Waals surface area contributed by atoms with Crippen LogP contribution < -0.4 is 5.50 Å². The minimum Gasteiger partial charge on any atom is -0.348 e. The fourth-order valence-corrected chi connectivity index (χ4v) is 3.07. The molecule has 0 atom stereocenters. The Hall–Kier alpha value is -1.42. The number of rotatable bonds is 6. The van der Waals surface area contributed by atoms with E-state index in [1.54, 1.807) is 19.9 Å². The Balaban J connectivity index is 2.32. The summed E-state index contributed by atoms with van der Waals surface area (Å²) < 4.78 is 28.0. The van der Waals surface area contributed by atoms with Crippen molar-refractivity contribution >= 4 is 13.1 Å². The van der Waals surface area contributed by atoms with Gasteiger partial charge in [0.25, 0.3) is 0 Å². The van der Waals surface area contributed by atoms with Crippen molar-refractivity contribution in [3.8, 4) is 11.3 Å². The van der Waals surface area contributed by atoms with Crippen LogP contribution in [0.15, 0.2) is 40.9 Å². The summed E-state index contributed by atoms with van der Waals surface area (Å²) in [5.41, 5.74) is 1.63. The van der Waals surface area contributed by atoms with Crippen LogP contribution in [0.5, 0.6) is 0 Å². The number of hydrogen-bond acceptors (Lipinski definition) is 5. The molecular formula is C13H16NO4P. The molecule has 0 spiro atoms. The summed E-state index contributed by atoms with van der Waals surface area (Å²) in [5, 5.41) is 3.91. The van der Waals surface area contributed by atoms with Crippen LogP contribution in [-0.2, 0) is 13.6 Å². The Bertz CT molecular complexity index is 557. The molecule has 0 saturated heterocycles. The van der Waals surface area contributed by atoms with E-state index in [2.05, 4.69) is 5.16 Å². The summed E-state index contributed by atoms with van der Waals surface area (Å²) in [7, 11) is -3.40. The maximum absolute atomic E-state index is 12.5. The molecule has 0 fully saturated rings. The lowest BCUT2D eigenvalue weighted by molar-refractivity contribution is 0.223. The van der Waals surface area contributed by atoms with Crippen LogP contribution in [0.2, 0.25) is 0 Å². The zero-order valence-electron chi connectivity index (χ0n) is 10.9. The second-order valence-corrected chi connectivity index (χ2v) is 5.70. The molecule has 1 aromatic carbocycles. The van der Waals surface area contributed by atoms with Crippen molar-refractivity contribution in [3.05, 3.63) is 36.4 Å². The molecule has 19 heavy (non-hydrogen) atoms. The standard InChI is InChI=1S/C13H16NO4P/c1-3-16-19(15,17-4-2)13-10-12(14-18-13)11-8-6-5-7-9-11/h5-10H,3-4H2,1-2H3. The summed E-state index contributed by atoms with van der Waals surface area (Å²) >= 11 is 0. The van der Waals surface area contributed by atoms with Gasteiger partial charge in [0.05, 0.1) is 13.2 Å². The average molecular weight is 281 g/mol. The molecule has 0 aliphatic rings. The van der Waals surface area contributed by atoms with Gasteiger partial charge in [-0.3, -0.25) is 4.57 Å². The Morgan fingerprint density at radius 1 is 1.16 bits per heavy atom. The molecule has 0 amide bonds. The topological polar surface area (TPSA) is 61.6 Å². The highest BCUT2D eigenvalue weighted by atomic mass is 31.2. The zero-order valence-corrected chi connectivity index (χ0v) is 11.8. The predicted molar refractivity (Wildman–Crippen MR) is 72.4 cm³/mol. The van der Waals surface area contributed by atoms with Crippen LogP contribution in [0.25, 0.3) is 11.3 Å². The predicted octanol–water partition coefficient (Wildman–Crippen LogP) is 3.23. The van der Waals surface area contributed by atoms with E-state index >= 15 is 0 Å². The van der Waals surface area contributed by atoms with Gasteiger partial charge >= 0.3 is 7.60 Å². The number of nitrogens with zero attached hydrogens (tertiary/aromatic N) is 1. The third-order valence-corrected chi connectivity index (χ3v) is 4.38. The second kappa shape index (κ2) is 6.15. The van der Waals surface area contributed by atoms with Gasteiger partial charge in [-0.05, 0) is 13.8 Å².